The van der Waals surface area contributed by atoms with Crippen molar-refractivity contribution >= 4 is 5.78 Å². The molecule has 1 atom stereocenters. The van der Waals surface area contributed by atoms with Crippen LogP contribution < -0.4 is 9.47 Å². The molecule has 0 N–H and O–H groups in total. The summed E-state index contributed by atoms with van der Waals surface area (Å²) in [4.78, 5) is 14.4. The van der Waals surface area contributed by atoms with Crippen molar-refractivity contribution in [1.29, 1.82) is 0 Å². The number of ketones is 1. The number of allylic oxidation sites excluding steroid dienone is 1. The number of carbonyl (C=O) groups is 1. The summed E-state index contributed by atoms with van der Waals surface area (Å²) >= 11 is 0. The largest absolute Gasteiger partial charge is 0.454 e. The molecule has 0 radical (unpaired) electrons. The maximum atomic E-state index is 12.1. The van der Waals surface area contributed by atoms with E-state index in [1.165, 1.54) is 11.1 Å². The van der Waals surface area contributed by atoms with E-state index < -0.39 is 0 Å². The van der Waals surface area contributed by atoms with E-state index in [9.17, 15) is 4.79 Å². The van der Waals surface area contributed by atoms with E-state index in [1.54, 1.807) is 6.08 Å². The molecular weight excluding hydrogens is 362 g/mol. The molecule has 0 spiro atoms. The van der Waals surface area contributed by atoms with Gasteiger partial charge in [-0.3, -0.25) is 4.79 Å². The first-order valence-corrected chi connectivity index (χ1v) is 9.77. The molecule has 0 aromatic heterocycles. The molecule has 3 aromatic rings. The van der Waals surface area contributed by atoms with Crippen LogP contribution in [0.25, 0.3) is 11.1 Å². The second kappa shape index (κ2) is 7.47. The van der Waals surface area contributed by atoms with Crippen LogP contribution >= 0.6 is 0 Å². The summed E-state index contributed by atoms with van der Waals surface area (Å²) in [6.07, 6.45) is 4.06. The van der Waals surface area contributed by atoms with E-state index in [4.69, 9.17) is 9.47 Å². The summed E-state index contributed by atoms with van der Waals surface area (Å²) in [5.41, 5.74) is 4.63. The summed E-state index contributed by atoms with van der Waals surface area (Å²) in [5.74, 6) is 1.72. The molecule has 29 heavy (non-hydrogen) atoms. The third kappa shape index (κ3) is 3.61. The monoisotopic (exact) mass is 383 g/mol. The number of benzene rings is 3. The molecule has 4 heteroatoms. The van der Waals surface area contributed by atoms with Gasteiger partial charge < -0.3 is 14.4 Å². The lowest BCUT2D eigenvalue weighted by atomic mass is 9.94. The van der Waals surface area contributed by atoms with Crippen LogP contribution in [0.4, 0.5) is 0 Å². The lowest BCUT2D eigenvalue weighted by Crippen LogP contribution is -2.28. The Balaban J connectivity index is 1.40. The number of fused-ring (bicyclic) bond motifs is 1. The molecule has 3 aromatic carbocycles. The molecule has 144 valence electrons. The van der Waals surface area contributed by atoms with Gasteiger partial charge in [0, 0.05) is 19.2 Å². The molecule has 1 unspecified atom stereocenters. The minimum absolute atomic E-state index is 0.0164. The van der Waals surface area contributed by atoms with Crippen LogP contribution in [0.15, 0.2) is 85.1 Å². The number of nitrogens with zero attached hydrogens (tertiary/aromatic N) is 1. The fourth-order valence-electron chi connectivity index (χ4n) is 3.91. The van der Waals surface area contributed by atoms with Gasteiger partial charge in [-0.1, -0.05) is 60.7 Å². The quantitative estimate of drug-likeness (QED) is 0.627. The van der Waals surface area contributed by atoms with Crippen molar-refractivity contribution in [1.82, 2.24) is 4.90 Å². The van der Waals surface area contributed by atoms with Crippen molar-refractivity contribution in [2.45, 2.75) is 19.0 Å². The minimum atomic E-state index is 0.0164. The van der Waals surface area contributed by atoms with Gasteiger partial charge in [-0.2, -0.15) is 0 Å². The number of hydrogen-bond donors (Lipinski definition) is 0. The molecule has 0 amide bonds. The second-order valence-corrected chi connectivity index (χ2v) is 7.35. The Morgan fingerprint density at radius 3 is 2.45 bits per heavy atom. The van der Waals surface area contributed by atoms with E-state index >= 15 is 0 Å². The summed E-state index contributed by atoms with van der Waals surface area (Å²) in [7, 11) is 0. The highest BCUT2D eigenvalue weighted by atomic mass is 16.7. The van der Waals surface area contributed by atoms with Gasteiger partial charge in [0.2, 0.25) is 6.79 Å². The third-order valence-corrected chi connectivity index (χ3v) is 5.45. The first-order valence-electron chi connectivity index (χ1n) is 9.77. The van der Waals surface area contributed by atoms with Gasteiger partial charge in [0.1, 0.15) is 0 Å². The van der Waals surface area contributed by atoms with Gasteiger partial charge in [0.05, 0.1) is 6.04 Å². The Hall–Kier alpha value is -3.53. The summed E-state index contributed by atoms with van der Waals surface area (Å²) in [6, 6.07) is 24.9. The number of ether oxygens (including phenoxy) is 2. The molecular formula is C25H21NO3. The van der Waals surface area contributed by atoms with Crippen LogP contribution in [0.3, 0.4) is 0 Å². The van der Waals surface area contributed by atoms with Gasteiger partial charge in [0.15, 0.2) is 17.3 Å². The summed E-state index contributed by atoms with van der Waals surface area (Å²) in [6.45, 7) is 0.971. The topological polar surface area (TPSA) is 38.8 Å². The highest BCUT2D eigenvalue weighted by molar-refractivity contribution is 5.91. The lowest BCUT2D eigenvalue weighted by molar-refractivity contribution is -0.116. The normalized spacial score (nSPS) is 17.6. The van der Waals surface area contributed by atoms with E-state index in [0.717, 1.165) is 22.6 Å². The zero-order chi connectivity index (χ0) is 19.6. The number of hydrogen-bond acceptors (Lipinski definition) is 4. The van der Waals surface area contributed by atoms with Crippen LogP contribution in [-0.4, -0.2) is 17.5 Å². The van der Waals surface area contributed by atoms with Crippen molar-refractivity contribution in [2.75, 3.05) is 6.79 Å². The Kier molecular flexibility index (Phi) is 4.53. The predicted octanol–water partition coefficient (Wildman–Crippen LogP) is 5.11. The van der Waals surface area contributed by atoms with Crippen molar-refractivity contribution in [3.8, 4) is 22.6 Å². The Morgan fingerprint density at radius 1 is 0.862 bits per heavy atom. The van der Waals surface area contributed by atoms with Crippen LogP contribution in [-0.2, 0) is 11.3 Å². The van der Waals surface area contributed by atoms with Crippen LogP contribution in [0, 0.1) is 0 Å². The van der Waals surface area contributed by atoms with Crippen LogP contribution in [0.5, 0.6) is 11.5 Å². The van der Waals surface area contributed by atoms with Gasteiger partial charge in [-0.25, -0.2) is 0 Å². The van der Waals surface area contributed by atoms with Crippen LogP contribution in [0.1, 0.15) is 23.6 Å². The van der Waals surface area contributed by atoms with Crippen LogP contribution in [0.2, 0.25) is 0 Å². The lowest BCUT2D eigenvalue weighted by Gasteiger charge is -2.33. The highest BCUT2D eigenvalue weighted by Gasteiger charge is 2.25. The summed E-state index contributed by atoms with van der Waals surface area (Å²) < 4.78 is 10.9. The van der Waals surface area contributed by atoms with Gasteiger partial charge >= 0.3 is 0 Å². The van der Waals surface area contributed by atoms with E-state index in [2.05, 4.69) is 41.3 Å². The minimum Gasteiger partial charge on any atom is -0.454 e. The standard InChI is InChI=1S/C25H21NO3/c27-22-12-13-26(16-18-6-11-24-25(14-18)29-17-28-24)23(15-22)21-9-7-20(8-10-21)19-4-2-1-3-5-19/h1-14,23H,15-17H2. The molecule has 2 heterocycles. The fourth-order valence-corrected chi connectivity index (χ4v) is 3.91. The highest BCUT2D eigenvalue weighted by Crippen LogP contribution is 2.35. The number of carbonyl (C=O) groups excluding carboxylic acids is 1. The molecule has 0 saturated carbocycles. The third-order valence-electron chi connectivity index (χ3n) is 5.45. The average molecular weight is 383 g/mol. The zero-order valence-corrected chi connectivity index (χ0v) is 16.0. The zero-order valence-electron chi connectivity index (χ0n) is 16.0. The SMILES string of the molecule is O=C1C=CN(Cc2ccc3c(c2)OCO3)C(c2ccc(-c3ccccc3)cc2)C1. The molecule has 0 bridgehead atoms. The molecule has 2 aliphatic rings. The van der Waals surface area contributed by atoms with Crippen molar-refractivity contribution in [3.63, 3.8) is 0 Å². The van der Waals surface area contributed by atoms with E-state index in [1.807, 2.05) is 42.6 Å². The molecule has 4 nitrogen and oxygen atoms in total. The van der Waals surface area contributed by atoms with Gasteiger partial charge in [-0.05, 0) is 40.5 Å². The molecule has 0 aliphatic carbocycles. The number of rotatable bonds is 4. The average Bonchev–Trinajstić information content (AvgIpc) is 3.24. The Morgan fingerprint density at radius 2 is 1.62 bits per heavy atom. The molecule has 5 rings (SSSR count). The molecule has 2 aliphatic heterocycles. The van der Waals surface area contributed by atoms with Gasteiger partial charge in [-0.15, -0.1) is 0 Å². The Labute approximate surface area is 170 Å². The second-order valence-electron chi connectivity index (χ2n) is 7.35. The smallest absolute Gasteiger partial charge is 0.231 e. The molecule has 0 fully saturated rings. The van der Waals surface area contributed by atoms with Crippen molar-refractivity contribution in [2.24, 2.45) is 0 Å². The van der Waals surface area contributed by atoms with E-state index in [-0.39, 0.29) is 18.6 Å². The first-order chi connectivity index (χ1) is 14.3. The fraction of sp³-hybridized carbons (Fsp3) is 0.160. The maximum absolute atomic E-state index is 12.1. The predicted molar refractivity (Wildman–Crippen MR) is 111 cm³/mol. The van der Waals surface area contributed by atoms with Gasteiger partial charge in [0.25, 0.3) is 0 Å². The van der Waals surface area contributed by atoms with Crippen molar-refractivity contribution < 1.29 is 14.3 Å². The summed E-state index contributed by atoms with van der Waals surface area (Å²) in [5, 5.41) is 0. The molecule has 0 saturated heterocycles. The first kappa shape index (κ1) is 17.6. The van der Waals surface area contributed by atoms with E-state index in [0.29, 0.717) is 13.0 Å². The maximum Gasteiger partial charge on any atom is 0.231 e. The van der Waals surface area contributed by atoms with Crippen molar-refractivity contribution in [3.05, 3.63) is 96.2 Å². The Bertz CT molecular complexity index is 1060.